The zero-order valence-electron chi connectivity index (χ0n) is 34.6. The van der Waals surface area contributed by atoms with E-state index in [1.807, 2.05) is 21.1 Å². The van der Waals surface area contributed by atoms with Gasteiger partial charge in [-0.1, -0.05) is 154 Å². The second-order valence-corrected chi connectivity index (χ2v) is 17.2. The Labute approximate surface area is 320 Å². The van der Waals surface area contributed by atoms with Crippen LogP contribution < -0.4 is 0 Å². The number of rotatable bonds is 39. The van der Waals surface area contributed by atoms with Crippen molar-refractivity contribution in [1.82, 2.24) is 0 Å². The molecule has 0 aromatic carbocycles. The topological polar surface area (TPSA) is 108 Å². The average Bonchev–Trinajstić information content (AvgIpc) is 3.09. The van der Waals surface area contributed by atoms with E-state index < -0.39 is 26.5 Å². The Bertz CT molecular complexity index is 907. The fourth-order valence-corrected chi connectivity index (χ4v) is 6.63. The van der Waals surface area contributed by atoms with Gasteiger partial charge in [0.2, 0.25) is 0 Å². The summed E-state index contributed by atoms with van der Waals surface area (Å²) in [5.74, 6) is -0.801. The molecule has 2 atom stereocenters. The minimum Gasteiger partial charge on any atom is -0.462 e. The van der Waals surface area contributed by atoms with Gasteiger partial charge in [-0.05, 0) is 38.5 Å². The molecule has 0 aromatic heterocycles. The molecule has 0 amide bonds. The number of hydrogen-bond acceptors (Lipinski definition) is 7. The fraction of sp³-hybridized carbons (Fsp3) is 0.905. The summed E-state index contributed by atoms with van der Waals surface area (Å²) < 4.78 is 34.3. The van der Waals surface area contributed by atoms with Crippen LogP contribution in [-0.2, 0) is 32.7 Å². The number of nitrogens with zero attached hydrogens (tertiary/aromatic N) is 1. The molecule has 52 heavy (non-hydrogen) atoms. The average molecular weight is 761 g/mol. The number of likely N-dealkylation sites (N-methyl/N-ethyl adjacent to an activating group) is 1. The van der Waals surface area contributed by atoms with Crippen molar-refractivity contribution in [2.75, 3.05) is 47.5 Å². The van der Waals surface area contributed by atoms with Crippen molar-refractivity contribution in [3.63, 3.8) is 0 Å². The molecule has 308 valence electrons. The van der Waals surface area contributed by atoms with Crippen LogP contribution >= 0.6 is 7.82 Å². The van der Waals surface area contributed by atoms with Gasteiger partial charge in [0.25, 0.3) is 0 Å². The van der Waals surface area contributed by atoms with E-state index in [0.29, 0.717) is 23.9 Å². The summed E-state index contributed by atoms with van der Waals surface area (Å²) in [5.41, 5.74) is 0. The molecule has 0 fully saturated rings. The van der Waals surface area contributed by atoms with Crippen molar-refractivity contribution in [3.05, 3.63) is 12.2 Å². The molecule has 9 nitrogen and oxygen atoms in total. The summed E-state index contributed by atoms with van der Waals surface area (Å²) >= 11 is 0. The number of phosphoric acid groups is 1. The number of carbonyl (C=O) groups excluding carboxylic acids is 2. The predicted octanol–water partition coefficient (Wildman–Crippen LogP) is 11.8. The molecule has 0 rings (SSSR count). The van der Waals surface area contributed by atoms with E-state index in [2.05, 4.69) is 26.0 Å². The molecular formula is C42H83NO8P+. The highest BCUT2D eigenvalue weighted by Gasteiger charge is 2.27. The fourth-order valence-electron chi connectivity index (χ4n) is 5.89. The SMILES string of the molecule is CCCCCCCC/C=C\CCCCCCCC(=O)O[C@H](COC(=O)CCCCCCCCCCCCCCC)COP(=O)(O)OCC[N+](C)(C)C. The van der Waals surface area contributed by atoms with E-state index in [9.17, 15) is 19.0 Å². The minimum absolute atomic E-state index is 0.0331. The van der Waals surface area contributed by atoms with Crippen LogP contribution in [-0.4, -0.2) is 74.9 Å². The molecule has 0 saturated carbocycles. The Morgan fingerprint density at radius 2 is 0.981 bits per heavy atom. The van der Waals surface area contributed by atoms with E-state index >= 15 is 0 Å². The van der Waals surface area contributed by atoms with Gasteiger partial charge < -0.3 is 18.9 Å². The van der Waals surface area contributed by atoms with Crippen LogP contribution in [0.3, 0.4) is 0 Å². The first-order chi connectivity index (χ1) is 25.0. The van der Waals surface area contributed by atoms with Crippen LogP contribution in [0, 0.1) is 0 Å². The molecule has 10 heteroatoms. The monoisotopic (exact) mass is 761 g/mol. The Hall–Kier alpha value is -1.25. The van der Waals surface area contributed by atoms with E-state index in [0.717, 1.165) is 51.4 Å². The van der Waals surface area contributed by atoms with Gasteiger partial charge in [0.15, 0.2) is 6.10 Å². The lowest BCUT2D eigenvalue weighted by atomic mass is 10.0. The van der Waals surface area contributed by atoms with Crippen molar-refractivity contribution in [2.45, 2.75) is 200 Å². The van der Waals surface area contributed by atoms with Crippen molar-refractivity contribution in [2.24, 2.45) is 0 Å². The van der Waals surface area contributed by atoms with Crippen molar-refractivity contribution >= 4 is 19.8 Å². The van der Waals surface area contributed by atoms with Crippen LogP contribution in [0.15, 0.2) is 12.2 Å². The Morgan fingerprint density at radius 1 is 0.577 bits per heavy atom. The Balaban J connectivity index is 4.37. The van der Waals surface area contributed by atoms with Crippen LogP contribution in [0.2, 0.25) is 0 Å². The Morgan fingerprint density at radius 3 is 1.42 bits per heavy atom. The number of quaternary nitrogens is 1. The number of ether oxygens (including phenoxy) is 2. The van der Waals surface area contributed by atoms with Gasteiger partial charge in [-0.2, -0.15) is 0 Å². The molecule has 0 saturated heterocycles. The molecule has 0 heterocycles. The molecule has 0 radical (unpaired) electrons. The van der Waals surface area contributed by atoms with Crippen LogP contribution in [0.4, 0.5) is 0 Å². The smallest absolute Gasteiger partial charge is 0.462 e. The number of esters is 2. The first-order valence-corrected chi connectivity index (χ1v) is 22.9. The third-order valence-electron chi connectivity index (χ3n) is 9.30. The molecule has 0 aromatic rings. The lowest BCUT2D eigenvalue weighted by molar-refractivity contribution is -0.870. The van der Waals surface area contributed by atoms with Gasteiger partial charge in [0.1, 0.15) is 19.8 Å². The van der Waals surface area contributed by atoms with E-state index in [-0.39, 0.29) is 25.6 Å². The van der Waals surface area contributed by atoms with Crippen molar-refractivity contribution in [1.29, 1.82) is 0 Å². The molecule has 0 aliphatic carbocycles. The van der Waals surface area contributed by atoms with Crippen LogP contribution in [0.1, 0.15) is 194 Å². The van der Waals surface area contributed by atoms with Gasteiger partial charge in [-0.15, -0.1) is 0 Å². The van der Waals surface area contributed by atoms with Gasteiger partial charge in [-0.25, -0.2) is 4.57 Å². The van der Waals surface area contributed by atoms with Crippen molar-refractivity contribution in [3.8, 4) is 0 Å². The zero-order valence-corrected chi connectivity index (χ0v) is 35.5. The van der Waals surface area contributed by atoms with Gasteiger partial charge in [0.05, 0.1) is 27.7 Å². The summed E-state index contributed by atoms with van der Waals surface area (Å²) in [5, 5.41) is 0. The third kappa shape index (κ3) is 38.5. The molecule has 0 aliphatic heterocycles. The molecule has 0 aliphatic rings. The lowest BCUT2D eigenvalue weighted by Crippen LogP contribution is -2.37. The highest BCUT2D eigenvalue weighted by Crippen LogP contribution is 2.43. The second kappa shape index (κ2) is 35.5. The summed E-state index contributed by atoms with van der Waals surface area (Å²) in [6, 6.07) is 0. The highest BCUT2D eigenvalue weighted by molar-refractivity contribution is 7.47. The minimum atomic E-state index is -4.37. The third-order valence-corrected chi connectivity index (χ3v) is 10.3. The maximum atomic E-state index is 12.7. The number of unbranched alkanes of at least 4 members (excludes halogenated alkanes) is 23. The number of allylic oxidation sites excluding steroid dienone is 2. The first kappa shape index (κ1) is 50.8. The van der Waals surface area contributed by atoms with Gasteiger partial charge in [0, 0.05) is 12.8 Å². The number of hydrogen-bond donors (Lipinski definition) is 1. The normalized spacial score (nSPS) is 13.7. The van der Waals surface area contributed by atoms with E-state index in [4.69, 9.17) is 18.5 Å². The van der Waals surface area contributed by atoms with Crippen LogP contribution in [0.5, 0.6) is 0 Å². The van der Waals surface area contributed by atoms with E-state index in [1.165, 1.54) is 109 Å². The number of carbonyl (C=O) groups is 2. The summed E-state index contributed by atoms with van der Waals surface area (Å²) in [6.45, 7) is 4.42. The number of phosphoric ester groups is 1. The van der Waals surface area contributed by atoms with Crippen molar-refractivity contribution < 1.29 is 42.1 Å². The maximum absolute atomic E-state index is 12.7. The lowest BCUT2D eigenvalue weighted by Gasteiger charge is -2.24. The quantitative estimate of drug-likeness (QED) is 0.0217. The molecule has 0 bridgehead atoms. The second-order valence-electron chi connectivity index (χ2n) is 15.7. The summed E-state index contributed by atoms with van der Waals surface area (Å²) in [4.78, 5) is 35.3. The highest BCUT2D eigenvalue weighted by atomic mass is 31.2. The Kier molecular flexibility index (Phi) is 34.6. The molecule has 1 unspecified atom stereocenters. The first-order valence-electron chi connectivity index (χ1n) is 21.4. The molecular weight excluding hydrogens is 677 g/mol. The van der Waals surface area contributed by atoms with Gasteiger partial charge in [-0.3, -0.25) is 18.6 Å². The summed E-state index contributed by atoms with van der Waals surface area (Å²) in [7, 11) is 1.48. The largest absolute Gasteiger partial charge is 0.472 e. The van der Waals surface area contributed by atoms with E-state index in [1.54, 1.807) is 0 Å². The predicted molar refractivity (Wildman–Crippen MR) is 215 cm³/mol. The maximum Gasteiger partial charge on any atom is 0.472 e. The molecule has 1 N–H and O–H groups in total. The zero-order chi connectivity index (χ0) is 38.6. The molecule has 0 spiro atoms. The standard InChI is InChI=1S/C42H82NO8P/c1-6-8-10-12-14-16-18-20-21-23-25-27-29-31-33-35-42(45)51-40(39-50-52(46,47)49-37-36-43(3,4)5)38-48-41(44)34-32-30-28-26-24-22-19-17-15-13-11-9-7-2/h20-21,40H,6-19,22-39H2,1-5H3/p+1/b21-20-/t40-/m1/s1. The van der Waals surface area contributed by atoms with Gasteiger partial charge >= 0.3 is 19.8 Å². The van der Waals surface area contributed by atoms with Crippen LogP contribution in [0.25, 0.3) is 0 Å². The summed E-state index contributed by atoms with van der Waals surface area (Å²) in [6.07, 6.45) is 35.3.